The van der Waals surface area contributed by atoms with Crippen LogP contribution in [0.3, 0.4) is 0 Å². The lowest BCUT2D eigenvalue weighted by Gasteiger charge is -2.32. The van der Waals surface area contributed by atoms with Crippen molar-refractivity contribution < 1.29 is 4.79 Å². The Morgan fingerprint density at radius 1 is 1.20 bits per heavy atom. The number of aromatic nitrogens is 5. The first-order valence-corrected chi connectivity index (χ1v) is 8.66. The lowest BCUT2D eigenvalue weighted by atomic mass is 10.1. The predicted octanol–water partition coefficient (Wildman–Crippen LogP) is 2.33. The molecule has 4 heterocycles. The molecule has 0 aromatic carbocycles. The molecular weight excluding hydrogens is 316 g/mol. The van der Waals surface area contributed by atoms with Gasteiger partial charge in [0.25, 0.3) is 5.91 Å². The zero-order valence-electron chi connectivity index (χ0n) is 14.8. The molecular formula is C18H22N6O. The number of rotatable bonds is 2. The van der Waals surface area contributed by atoms with E-state index in [4.69, 9.17) is 0 Å². The Bertz CT molecular complexity index is 940. The van der Waals surface area contributed by atoms with Crippen LogP contribution in [0.1, 0.15) is 46.7 Å². The molecule has 1 fully saturated rings. The van der Waals surface area contributed by atoms with Gasteiger partial charge in [-0.15, -0.1) is 0 Å². The Morgan fingerprint density at radius 3 is 2.76 bits per heavy atom. The molecule has 1 saturated heterocycles. The fraction of sp³-hybridized carbons (Fsp3) is 0.444. The Hall–Kier alpha value is -2.70. The van der Waals surface area contributed by atoms with Crippen LogP contribution in [0.15, 0.2) is 24.4 Å². The van der Waals surface area contributed by atoms with Crippen molar-refractivity contribution in [3.63, 3.8) is 0 Å². The van der Waals surface area contributed by atoms with E-state index >= 15 is 0 Å². The number of imidazole rings is 1. The highest BCUT2D eigenvalue weighted by Gasteiger charge is 2.28. The number of hydrogen-bond acceptors (Lipinski definition) is 4. The highest BCUT2D eigenvalue weighted by atomic mass is 16.2. The predicted molar refractivity (Wildman–Crippen MR) is 93.6 cm³/mol. The van der Waals surface area contributed by atoms with Crippen molar-refractivity contribution in [1.29, 1.82) is 0 Å². The minimum Gasteiger partial charge on any atom is -0.335 e. The van der Waals surface area contributed by atoms with E-state index in [9.17, 15) is 4.79 Å². The minimum absolute atomic E-state index is 0.0118. The fourth-order valence-corrected chi connectivity index (χ4v) is 3.63. The van der Waals surface area contributed by atoms with Crippen LogP contribution in [0.5, 0.6) is 0 Å². The highest BCUT2D eigenvalue weighted by Crippen LogP contribution is 2.23. The van der Waals surface area contributed by atoms with E-state index in [1.807, 2.05) is 59.1 Å². The second-order valence-electron chi connectivity index (χ2n) is 6.72. The van der Waals surface area contributed by atoms with Gasteiger partial charge in [0.05, 0.1) is 6.04 Å². The van der Waals surface area contributed by atoms with Gasteiger partial charge in [-0.25, -0.2) is 14.6 Å². The summed E-state index contributed by atoms with van der Waals surface area (Å²) in [5, 5.41) is 4.49. The maximum absolute atomic E-state index is 13.0. The molecule has 1 atom stereocenters. The average molecular weight is 338 g/mol. The summed E-state index contributed by atoms with van der Waals surface area (Å²) < 4.78 is 3.92. The fourth-order valence-electron chi connectivity index (χ4n) is 3.63. The molecule has 3 aromatic heterocycles. The Kier molecular flexibility index (Phi) is 3.78. The van der Waals surface area contributed by atoms with Gasteiger partial charge in [0.1, 0.15) is 23.0 Å². The van der Waals surface area contributed by atoms with Crippen molar-refractivity contribution in [2.24, 2.45) is 0 Å². The number of nitrogens with zero attached hydrogens (tertiary/aromatic N) is 6. The van der Waals surface area contributed by atoms with Crippen molar-refractivity contribution in [1.82, 2.24) is 29.0 Å². The normalized spacial score (nSPS) is 18.0. The Balaban J connectivity index is 1.58. The number of carbonyl (C=O) groups is 1. The van der Waals surface area contributed by atoms with Crippen molar-refractivity contribution in [3.8, 4) is 0 Å². The zero-order chi connectivity index (χ0) is 17.6. The van der Waals surface area contributed by atoms with E-state index in [1.54, 1.807) is 0 Å². The summed E-state index contributed by atoms with van der Waals surface area (Å²) in [6, 6.07) is 6.07. The van der Waals surface area contributed by atoms with Crippen LogP contribution in [0.25, 0.3) is 5.65 Å². The molecule has 1 amide bonds. The number of pyridine rings is 1. The summed E-state index contributed by atoms with van der Waals surface area (Å²) in [7, 11) is 0. The van der Waals surface area contributed by atoms with E-state index in [-0.39, 0.29) is 11.9 Å². The molecule has 0 saturated carbocycles. The van der Waals surface area contributed by atoms with Crippen molar-refractivity contribution in [3.05, 3.63) is 47.4 Å². The molecule has 7 heteroatoms. The number of aryl methyl sites for hydroxylation is 3. The summed E-state index contributed by atoms with van der Waals surface area (Å²) in [6.07, 6.45) is 3.81. The van der Waals surface area contributed by atoms with Gasteiger partial charge < -0.3 is 9.30 Å². The SMILES string of the molecule is Cc1nc(C)n(C2CCCN(C(=O)c3cn4c(C)cccc4n3)C2)n1. The van der Waals surface area contributed by atoms with Gasteiger partial charge in [-0.3, -0.25) is 4.79 Å². The van der Waals surface area contributed by atoms with E-state index < -0.39 is 0 Å². The third-order valence-corrected chi connectivity index (χ3v) is 4.85. The first-order chi connectivity index (χ1) is 12.0. The summed E-state index contributed by atoms with van der Waals surface area (Å²) in [5.74, 6) is 1.67. The van der Waals surface area contributed by atoms with Crippen molar-refractivity contribution in [2.45, 2.75) is 39.7 Å². The number of hydrogen-bond donors (Lipinski definition) is 0. The van der Waals surface area contributed by atoms with Gasteiger partial charge in [-0.2, -0.15) is 5.10 Å². The van der Waals surface area contributed by atoms with Crippen LogP contribution in [-0.2, 0) is 0 Å². The van der Waals surface area contributed by atoms with Crippen LogP contribution >= 0.6 is 0 Å². The van der Waals surface area contributed by atoms with E-state index in [1.165, 1.54) is 0 Å². The summed E-state index contributed by atoms with van der Waals surface area (Å²) >= 11 is 0. The van der Waals surface area contributed by atoms with E-state index in [0.29, 0.717) is 12.2 Å². The summed E-state index contributed by atoms with van der Waals surface area (Å²) in [4.78, 5) is 23.7. The molecule has 0 bridgehead atoms. The molecule has 1 unspecified atom stereocenters. The molecule has 4 rings (SSSR count). The Labute approximate surface area is 146 Å². The van der Waals surface area contributed by atoms with Crippen molar-refractivity contribution >= 4 is 11.6 Å². The van der Waals surface area contributed by atoms with Gasteiger partial charge in [0.2, 0.25) is 0 Å². The van der Waals surface area contributed by atoms with Crippen LogP contribution in [0.2, 0.25) is 0 Å². The third kappa shape index (κ3) is 2.79. The van der Waals surface area contributed by atoms with Gasteiger partial charge in [0.15, 0.2) is 0 Å². The van der Waals surface area contributed by atoms with Crippen LogP contribution in [-0.4, -0.2) is 48.0 Å². The first kappa shape index (κ1) is 15.8. The maximum atomic E-state index is 13.0. The maximum Gasteiger partial charge on any atom is 0.274 e. The quantitative estimate of drug-likeness (QED) is 0.719. The molecule has 7 nitrogen and oxygen atoms in total. The molecule has 0 N–H and O–H groups in total. The highest BCUT2D eigenvalue weighted by molar-refractivity contribution is 5.93. The number of amides is 1. The number of carbonyl (C=O) groups excluding carboxylic acids is 1. The molecule has 3 aromatic rings. The monoisotopic (exact) mass is 338 g/mol. The minimum atomic E-state index is -0.0118. The smallest absolute Gasteiger partial charge is 0.274 e. The summed E-state index contributed by atoms with van der Waals surface area (Å²) in [6.45, 7) is 7.28. The molecule has 0 aliphatic carbocycles. The lowest BCUT2D eigenvalue weighted by Crippen LogP contribution is -2.41. The zero-order valence-corrected chi connectivity index (χ0v) is 14.8. The number of likely N-dealkylation sites (tertiary alicyclic amines) is 1. The van der Waals surface area contributed by atoms with Gasteiger partial charge in [-0.05, 0) is 45.7 Å². The first-order valence-electron chi connectivity index (χ1n) is 8.66. The largest absolute Gasteiger partial charge is 0.335 e. The average Bonchev–Trinajstić information content (AvgIpc) is 3.18. The topological polar surface area (TPSA) is 68.3 Å². The van der Waals surface area contributed by atoms with Crippen LogP contribution in [0, 0.1) is 20.8 Å². The summed E-state index contributed by atoms with van der Waals surface area (Å²) in [5.41, 5.74) is 2.37. The molecule has 25 heavy (non-hydrogen) atoms. The standard InChI is InChI=1S/C18H22N6O/c1-12-6-4-8-17-20-16(11-23(12)17)18(25)22-9-5-7-15(10-22)24-14(3)19-13(2)21-24/h4,6,8,11,15H,5,7,9-10H2,1-3H3. The molecule has 1 aliphatic heterocycles. The van der Waals surface area contributed by atoms with Gasteiger partial charge in [0, 0.05) is 25.0 Å². The van der Waals surface area contributed by atoms with Crippen LogP contribution < -0.4 is 0 Å². The van der Waals surface area contributed by atoms with Gasteiger partial charge in [-0.1, -0.05) is 6.07 Å². The lowest BCUT2D eigenvalue weighted by molar-refractivity contribution is 0.0666. The van der Waals surface area contributed by atoms with E-state index in [2.05, 4.69) is 15.1 Å². The number of fused-ring (bicyclic) bond motifs is 1. The molecule has 0 radical (unpaired) electrons. The molecule has 0 spiro atoms. The van der Waals surface area contributed by atoms with Gasteiger partial charge >= 0.3 is 0 Å². The second-order valence-corrected chi connectivity index (χ2v) is 6.72. The molecule has 1 aliphatic rings. The third-order valence-electron chi connectivity index (χ3n) is 4.85. The van der Waals surface area contributed by atoms with Crippen molar-refractivity contribution in [2.75, 3.05) is 13.1 Å². The number of piperidine rings is 1. The van der Waals surface area contributed by atoms with E-state index in [0.717, 1.165) is 42.4 Å². The van der Waals surface area contributed by atoms with Crippen LogP contribution in [0.4, 0.5) is 0 Å². The molecule has 130 valence electrons. The second kappa shape index (κ2) is 5.98. The Morgan fingerprint density at radius 2 is 2.04 bits per heavy atom.